The van der Waals surface area contributed by atoms with E-state index in [4.69, 9.17) is 4.74 Å². The second-order valence-corrected chi connectivity index (χ2v) is 6.60. The Morgan fingerprint density at radius 1 is 1.42 bits per heavy atom. The molecule has 0 radical (unpaired) electrons. The van der Waals surface area contributed by atoms with Crippen molar-refractivity contribution in [2.45, 2.75) is 39.3 Å². The van der Waals surface area contributed by atoms with Crippen molar-refractivity contribution in [3.8, 4) is 5.69 Å². The standard InChI is InChI=1S/C18H24N4O2/c1-13-6-7-21(17(8-13)18(23)24-3)10-15-4-5-16(14(2)9-15)22-12-19-11-20-22/h4-5,9,11-13,17H,6-8,10H2,1-3H3/t13-,17-/m1/s1. The number of aryl methyl sites for hydroxylation is 1. The van der Waals surface area contributed by atoms with Crippen LogP contribution in [0.5, 0.6) is 0 Å². The van der Waals surface area contributed by atoms with Gasteiger partial charge in [0.2, 0.25) is 0 Å². The summed E-state index contributed by atoms with van der Waals surface area (Å²) in [7, 11) is 1.47. The van der Waals surface area contributed by atoms with Crippen molar-refractivity contribution >= 4 is 5.97 Å². The van der Waals surface area contributed by atoms with Crippen molar-refractivity contribution in [1.29, 1.82) is 0 Å². The second-order valence-electron chi connectivity index (χ2n) is 6.60. The van der Waals surface area contributed by atoms with E-state index in [0.717, 1.165) is 37.2 Å². The quantitative estimate of drug-likeness (QED) is 0.806. The first-order chi connectivity index (χ1) is 11.6. The highest BCUT2D eigenvalue weighted by atomic mass is 16.5. The summed E-state index contributed by atoms with van der Waals surface area (Å²) in [5.74, 6) is 0.430. The largest absolute Gasteiger partial charge is 0.468 e. The Bertz CT molecular complexity index is 699. The summed E-state index contributed by atoms with van der Waals surface area (Å²) in [5, 5.41) is 4.18. The molecular formula is C18H24N4O2. The van der Waals surface area contributed by atoms with Gasteiger partial charge in [0.1, 0.15) is 18.7 Å². The second kappa shape index (κ2) is 7.13. The third-order valence-electron chi connectivity index (χ3n) is 4.76. The fourth-order valence-corrected chi connectivity index (χ4v) is 3.40. The van der Waals surface area contributed by atoms with Crippen LogP contribution in [0, 0.1) is 12.8 Å². The van der Waals surface area contributed by atoms with Crippen molar-refractivity contribution in [3.63, 3.8) is 0 Å². The molecule has 2 atom stereocenters. The number of carbonyl (C=O) groups excluding carboxylic acids is 1. The zero-order valence-electron chi connectivity index (χ0n) is 14.5. The third-order valence-corrected chi connectivity index (χ3v) is 4.76. The highest BCUT2D eigenvalue weighted by molar-refractivity contribution is 5.75. The summed E-state index contributed by atoms with van der Waals surface area (Å²) in [4.78, 5) is 18.3. The van der Waals surface area contributed by atoms with Gasteiger partial charge in [-0.15, -0.1) is 0 Å². The molecular weight excluding hydrogens is 304 g/mol. The highest BCUT2D eigenvalue weighted by Gasteiger charge is 2.32. The SMILES string of the molecule is COC(=O)[C@H]1C[C@H](C)CCN1Cc1ccc(-n2cncn2)c(C)c1. The third kappa shape index (κ3) is 3.48. The van der Waals surface area contributed by atoms with Gasteiger partial charge in [-0.1, -0.05) is 19.1 Å². The molecule has 0 unspecified atom stereocenters. The number of nitrogens with zero attached hydrogens (tertiary/aromatic N) is 4. The van der Waals surface area contributed by atoms with E-state index >= 15 is 0 Å². The Morgan fingerprint density at radius 3 is 2.92 bits per heavy atom. The molecule has 1 aliphatic heterocycles. The van der Waals surface area contributed by atoms with Gasteiger partial charge in [-0.2, -0.15) is 5.10 Å². The Kier molecular flexibility index (Phi) is 4.94. The van der Waals surface area contributed by atoms with E-state index in [1.54, 1.807) is 11.0 Å². The first-order valence-corrected chi connectivity index (χ1v) is 8.35. The van der Waals surface area contributed by atoms with E-state index in [9.17, 15) is 4.79 Å². The average Bonchev–Trinajstić information content (AvgIpc) is 3.10. The summed E-state index contributed by atoms with van der Waals surface area (Å²) >= 11 is 0. The lowest BCUT2D eigenvalue weighted by molar-refractivity contribution is -0.149. The Morgan fingerprint density at radius 2 is 2.25 bits per heavy atom. The molecule has 3 rings (SSSR count). The van der Waals surface area contributed by atoms with Gasteiger partial charge < -0.3 is 4.74 Å². The molecule has 2 heterocycles. The molecule has 6 nitrogen and oxygen atoms in total. The lowest BCUT2D eigenvalue weighted by atomic mass is 9.92. The number of hydrogen-bond acceptors (Lipinski definition) is 5. The van der Waals surface area contributed by atoms with Crippen molar-refractivity contribution in [2.75, 3.05) is 13.7 Å². The first-order valence-electron chi connectivity index (χ1n) is 8.35. The van der Waals surface area contributed by atoms with E-state index in [-0.39, 0.29) is 12.0 Å². The van der Waals surface area contributed by atoms with Gasteiger partial charge in [0.15, 0.2) is 0 Å². The monoisotopic (exact) mass is 328 g/mol. The van der Waals surface area contributed by atoms with Gasteiger partial charge in [-0.05, 0) is 49.4 Å². The predicted octanol–water partition coefficient (Wildman–Crippen LogP) is 2.35. The fourth-order valence-electron chi connectivity index (χ4n) is 3.40. The van der Waals surface area contributed by atoms with Crippen LogP contribution >= 0.6 is 0 Å². The Labute approximate surface area is 142 Å². The molecule has 1 fully saturated rings. The van der Waals surface area contributed by atoms with Crippen LogP contribution < -0.4 is 0 Å². The molecule has 0 aliphatic carbocycles. The molecule has 6 heteroatoms. The molecule has 1 saturated heterocycles. The predicted molar refractivity (Wildman–Crippen MR) is 90.7 cm³/mol. The van der Waals surface area contributed by atoms with Gasteiger partial charge in [0.25, 0.3) is 0 Å². The smallest absolute Gasteiger partial charge is 0.323 e. The van der Waals surface area contributed by atoms with E-state index in [2.05, 4.69) is 47.0 Å². The van der Waals surface area contributed by atoms with Crippen LogP contribution in [-0.2, 0) is 16.1 Å². The molecule has 1 aromatic heterocycles. The van der Waals surface area contributed by atoms with Crippen molar-refractivity contribution in [2.24, 2.45) is 5.92 Å². The van der Waals surface area contributed by atoms with E-state index < -0.39 is 0 Å². The van der Waals surface area contributed by atoms with Crippen LogP contribution in [0.3, 0.4) is 0 Å². The van der Waals surface area contributed by atoms with Crippen LogP contribution in [0.1, 0.15) is 30.9 Å². The normalized spacial score (nSPS) is 21.6. The maximum Gasteiger partial charge on any atom is 0.323 e. The van der Waals surface area contributed by atoms with Crippen molar-refractivity contribution < 1.29 is 9.53 Å². The Hall–Kier alpha value is -2.21. The number of carbonyl (C=O) groups is 1. The van der Waals surface area contributed by atoms with Gasteiger partial charge >= 0.3 is 5.97 Å². The van der Waals surface area contributed by atoms with Crippen LogP contribution in [-0.4, -0.2) is 45.3 Å². The van der Waals surface area contributed by atoms with Crippen LogP contribution in [0.2, 0.25) is 0 Å². The minimum atomic E-state index is -0.144. The van der Waals surface area contributed by atoms with Crippen molar-refractivity contribution in [1.82, 2.24) is 19.7 Å². The number of piperidine rings is 1. The number of esters is 1. The number of rotatable bonds is 4. The zero-order chi connectivity index (χ0) is 17.1. The number of ether oxygens (including phenoxy) is 1. The van der Waals surface area contributed by atoms with Crippen LogP contribution in [0.15, 0.2) is 30.9 Å². The number of likely N-dealkylation sites (tertiary alicyclic amines) is 1. The minimum Gasteiger partial charge on any atom is -0.468 e. The maximum absolute atomic E-state index is 12.1. The summed E-state index contributed by atoms with van der Waals surface area (Å²) in [6.45, 7) is 5.94. The van der Waals surface area contributed by atoms with E-state index in [0.29, 0.717) is 5.92 Å². The fraction of sp³-hybridized carbons (Fsp3) is 0.500. The molecule has 2 aromatic rings. The number of benzene rings is 1. The van der Waals surface area contributed by atoms with Gasteiger partial charge in [0, 0.05) is 6.54 Å². The average molecular weight is 328 g/mol. The summed E-state index contributed by atoms with van der Waals surface area (Å²) in [6, 6.07) is 6.16. The van der Waals surface area contributed by atoms with Crippen molar-refractivity contribution in [3.05, 3.63) is 42.0 Å². The summed E-state index contributed by atoms with van der Waals surface area (Å²) < 4.78 is 6.76. The van der Waals surface area contributed by atoms with Gasteiger partial charge in [-0.3, -0.25) is 9.69 Å². The molecule has 0 spiro atoms. The number of methoxy groups -OCH3 is 1. The van der Waals surface area contributed by atoms with E-state index in [1.165, 1.54) is 19.0 Å². The molecule has 24 heavy (non-hydrogen) atoms. The Balaban J connectivity index is 1.77. The lowest BCUT2D eigenvalue weighted by Crippen LogP contribution is -2.46. The number of hydrogen-bond donors (Lipinski definition) is 0. The van der Waals surface area contributed by atoms with Crippen LogP contribution in [0.25, 0.3) is 5.69 Å². The van der Waals surface area contributed by atoms with Gasteiger partial charge in [-0.25, -0.2) is 9.67 Å². The minimum absolute atomic E-state index is 0.127. The van der Waals surface area contributed by atoms with E-state index in [1.807, 2.05) is 0 Å². The lowest BCUT2D eigenvalue weighted by Gasteiger charge is -2.36. The molecule has 0 saturated carbocycles. The first kappa shape index (κ1) is 16.6. The van der Waals surface area contributed by atoms with Gasteiger partial charge in [0.05, 0.1) is 12.8 Å². The maximum atomic E-state index is 12.1. The molecule has 1 aromatic carbocycles. The molecule has 1 aliphatic rings. The molecule has 0 amide bonds. The molecule has 128 valence electrons. The highest BCUT2D eigenvalue weighted by Crippen LogP contribution is 2.26. The topological polar surface area (TPSA) is 60.2 Å². The zero-order valence-corrected chi connectivity index (χ0v) is 14.5. The van der Waals surface area contributed by atoms with Crippen LogP contribution in [0.4, 0.5) is 0 Å². The summed E-state index contributed by atoms with van der Waals surface area (Å²) in [5.41, 5.74) is 3.35. The number of aromatic nitrogens is 3. The molecule has 0 bridgehead atoms. The molecule has 0 N–H and O–H groups in total. The summed E-state index contributed by atoms with van der Waals surface area (Å²) in [6.07, 6.45) is 5.21.